The summed E-state index contributed by atoms with van der Waals surface area (Å²) in [5, 5.41) is 8.29. The van der Waals surface area contributed by atoms with Crippen LogP contribution in [0.15, 0.2) is 36.5 Å². The molecule has 7 nitrogen and oxygen atoms in total. The molecule has 1 N–H and O–H groups in total. The third-order valence-corrected chi connectivity index (χ3v) is 3.80. The number of hydrogen-bond donors (Lipinski definition) is 1. The van der Waals surface area contributed by atoms with Crippen molar-refractivity contribution in [2.45, 2.75) is 6.92 Å². The van der Waals surface area contributed by atoms with E-state index in [1.54, 1.807) is 42.1 Å². The predicted molar refractivity (Wildman–Crippen MR) is 92.3 cm³/mol. The minimum Gasteiger partial charge on any atom is -0.306 e. The summed E-state index contributed by atoms with van der Waals surface area (Å²) in [6.45, 7) is 1.86. The number of aromatic nitrogens is 3. The molecule has 0 unspecified atom stereocenters. The summed E-state index contributed by atoms with van der Waals surface area (Å²) >= 11 is 5.82. The van der Waals surface area contributed by atoms with E-state index in [9.17, 15) is 9.59 Å². The highest BCUT2D eigenvalue weighted by Gasteiger charge is 2.16. The molecular weight excluding hydrogens is 330 g/mol. The van der Waals surface area contributed by atoms with Crippen LogP contribution in [0, 0.1) is 6.92 Å². The van der Waals surface area contributed by atoms with Crippen molar-refractivity contribution in [3.05, 3.63) is 47.2 Å². The van der Waals surface area contributed by atoms with Crippen LogP contribution in [0.4, 0.5) is 16.2 Å². The average molecular weight is 344 g/mol. The number of benzene rings is 1. The molecule has 1 aromatic carbocycles. The van der Waals surface area contributed by atoms with Gasteiger partial charge >= 0.3 is 6.03 Å². The molecule has 24 heavy (non-hydrogen) atoms. The summed E-state index contributed by atoms with van der Waals surface area (Å²) in [6, 6.07) is 7.56. The largest absolute Gasteiger partial charge is 0.333 e. The third-order valence-electron chi connectivity index (χ3n) is 3.54. The number of rotatable bonds is 3. The Labute approximate surface area is 142 Å². The van der Waals surface area contributed by atoms with Gasteiger partial charge in [-0.05, 0) is 37.3 Å². The summed E-state index contributed by atoms with van der Waals surface area (Å²) in [4.78, 5) is 28.9. The molecule has 0 aliphatic rings. The van der Waals surface area contributed by atoms with Crippen LogP contribution in [0.3, 0.4) is 0 Å². The number of imide groups is 1. The van der Waals surface area contributed by atoms with Gasteiger partial charge in [-0.2, -0.15) is 5.10 Å². The topological polar surface area (TPSA) is 80.1 Å². The zero-order valence-corrected chi connectivity index (χ0v) is 13.8. The molecule has 3 amide bonds. The molecule has 122 valence electrons. The Balaban J connectivity index is 1.86. The number of urea groups is 1. The van der Waals surface area contributed by atoms with Crippen molar-refractivity contribution in [1.82, 2.24) is 14.8 Å². The SMILES string of the molecule is Cc1nn(C)c2ncc(NC(=O)N(C=O)c3ccc(Cl)cc3)cc12. The van der Waals surface area contributed by atoms with E-state index in [0.29, 0.717) is 22.8 Å². The summed E-state index contributed by atoms with van der Waals surface area (Å²) < 4.78 is 1.67. The van der Waals surface area contributed by atoms with Gasteiger partial charge in [0.1, 0.15) is 0 Å². The molecule has 0 saturated carbocycles. The lowest BCUT2D eigenvalue weighted by molar-refractivity contribution is -0.106. The number of fused-ring (bicyclic) bond motifs is 1. The fourth-order valence-corrected chi connectivity index (χ4v) is 2.51. The van der Waals surface area contributed by atoms with E-state index in [0.717, 1.165) is 21.6 Å². The van der Waals surface area contributed by atoms with Crippen LogP contribution < -0.4 is 10.2 Å². The van der Waals surface area contributed by atoms with Crippen LogP contribution in [0.1, 0.15) is 5.69 Å². The second-order valence-corrected chi connectivity index (χ2v) is 5.62. The third kappa shape index (κ3) is 2.93. The van der Waals surface area contributed by atoms with E-state index >= 15 is 0 Å². The number of carbonyl (C=O) groups excluding carboxylic acids is 2. The van der Waals surface area contributed by atoms with E-state index in [1.165, 1.54) is 6.20 Å². The lowest BCUT2D eigenvalue weighted by Gasteiger charge is -2.16. The minimum atomic E-state index is -0.588. The monoisotopic (exact) mass is 343 g/mol. The van der Waals surface area contributed by atoms with Gasteiger partial charge in [0.25, 0.3) is 0 Å². The smallest absolute Gasteiger partial charge is 0.306 e. The van der Waals surface area contributed by atoms with Crippen molar-refractivity contribution in [2.24, 2.45) is 7.05 Å². The van der Waals surface area contributed by atoms with Crippen LogP contribution in [0.25, 0.3) is 11.0 Å². The Morgan fingerprint density at radius 2 is 2.04 bits per heavy atom. The van der Waals surface area contributed by atoms with Gasteiger partial charge < -0.3 is 5.32 Å². The molecule has 2 aromatic heterocycles. The number of halogens is 1. The van der Waals surface area contributed by atoms with Gasteiger partial charge in [-0.3, -0.25) is 9.48 Å². The molecule has 2 heterocycles. The highest BCUT2D eigenvalue weighted by Crippen LogP contribution is 2.21. The summed E-state index contributed by atoms with van der Waals surface area (Å²) in [6.07, 6.45) is 1.96. The molecule has 0 fully saturated rings. The maximum atomic E-state index is 12.4. The second-order valence-electron chi connectivity index (χ2n) is 5.19. The number of carbonyl (C=O) groups is 2. The van der Waals surface area contributed by atoms with Gasteiger partial charge in [0.2, 0.25) is 6.41 Å². The second kappa shape index (κ2) is 6.29. The standard InChI is InChI=1S/C16H14ClN5O2/c1-10-14-7-12(8-18-15(14)21(2)20-10)19-16(24)22(9-23)13-5-3-11(17)4-6-13/h3-9H,1-2H3,(H,19,24). The normalized spacial score (nSPS) is 10.6. The van der Waals surface area contributed by atoms with Crippen molar-refractivity contribution >= 4 is 46.5 Å². The van der Waals surface area contributed by atoms with Gasteiger partial charge in [0.05, 0.1) is 23.3 Å². The quantitative estimate of drug-likeness (QED) is 0.741. The molecule has 0 spiro atoms. The molecule has 0 atom stereocenters. The van der Waals surface area contributed by atoms with Crippen LogP contribution >= 0.6 is 11.6 Å². The Bertz CT molecular complexity index is 920. The molecule has 3 rings (SSSR count). The highest BCUT2D eigenvalue weighted by molar-refractivity contribution is 6.30. The maximum absolute atomic E-state index is 12.4. The number of nitrogens with zero attached hydrogens (tertiary/aromatic N) is 4. The molecular formula is C16H14ClN5O2. The first kappa shape index (κ1) is 15.9. The number of amides is 3. The van der Waals surface area contributed by atoms with Crippen molar-refractivity contribution in [2.75, 3.05) is 10.2 Å². The van der Waals surface area contributed by atoms with Crippen molar-refractivity contribution in [1.29, 1.82) is 0 Å². The highest BCUT2D eigenvalue weighted by atomic mass is 35.5. The number of nitrogens with one attached hydrogen (secondary N) is 1. The fourth-order valence-electron chi connectivity index (χ4n) is 2.39. The first-order chi connectivity index (χ1) is 11.5. The Morgan fingerprint density at radius 3 is 2.71 bits per heavy atom. The van der Waals surface area contributed by atoms with Crippen molar-refractivity contribution in [3.8, 4) is 0 Å². The molecule has 8 heteroatoms. The van der Waals surface area contributed by atoms with Crippen LogP contribution in [-0.4, -0.2) is 27.2 Å². The number of hydrogen-bond acceptors (Lipinski definition) is 4. The van der Waals surface area contributed by atoms with Gasteiger partial charge in [0, 0.05) is 17.5 Å². The molecule has 0 radical (unpaired) electrons. The lowest BCUT2D eigenvalue weighted by Crippen LogP contribution is -2.33. The average Bonchev–Trinajstić information content (AvgIpc) is 2.84. The van der Waals surface area contributed by atoms with Crippen LogP contribution in [-0.2, 0) is 11.8 Å². The maximum Gasteiger partial charge on any atom is 0.333 e. The fraction of sp³-hybridized carbons (Fsp3) is 0.125. The molecule has 0 saturated heterocycles. The van der Waals surface area contributed by atoms with Crippen LogP contribution in [0.2, 0.25) is 5.02 Å². The molecule has 3 aromatic rings. The molecule has 0 aliphatic heterocycles. The first-order valence-electron chi connectivity index (χ1n) is 7.10. The van der Waals surface area contributed by atoms with Crippen molar-refractivity contribution < 1.29 is 9.59 Å². The van der Waals surface area contributed by atoms with E-state index in [2.05, 4.69) is 15.4 Å². The summed E-state index contributed by atoms with van der Waals surface area (Å²) in [5.74, 6) is 0. The predicted octanol–water partition coefficient (Wildman–Crippen LogP) is 3.13. The van der Waals surface area contributed by atoms with E-state index in [4.69, 9.17) is 11.6 Å². The Kier molecular flexibility index (Phi) is 4.18. The number of anilines is 2. The number of pyridine rings is 1. The van der Waals surface area contributed by atoms with Gasteiger partial charge in [-0.15, -0.1) is 0 Å². The Hall–Kier alpha value is -2.93. The molecule has 0 aliphatic carbocycles. The Morgan fingerprint density at radius 1 is 1.33 bits per heavy atom. The van der Waals surface area contributed by atoms with Gasteiger partial charge in [0.15, 0.2) is 5.65 Å². The number of aryl methyl sites for hydroxylation is 2. The summed E-state index contributed by atoms with van der Waals surface area (Å²) in [7, 11) is 1.80. The first-order valence-corrected chi connectivity index (χ1v) is 7.48. The lowest BCUT2D eigenvalue weighted by atomic mass is 10.2. The zero-order chi connectivity index (χ0) is 17.3. The van der Waals surface area contributed by atoms with E-state index in [-0.39, 0.29) is 0 Å². The van der Waals surface area contributed by atoms with Gasteiger partial charge in [-0.1, -0.05) is 11.6 Å². The molecule has 0 bridgehead atoms. The van der Waals surface area contributed by atoms with Crippen LogP contribution in [0.5, 0.6) is 0 Å². The van der Waals surface area contributed by atoms with E-state index in [1.807, 2.05) is 6.92 Å². The van der Waals surface area contributed by atoms with Gasteiger partial charge in [-0.25, -0.2) is 14.7 Å². The van der Waals surface area contributed by atoms with E-state index < -0.39 is 6.03 Å². The van der Waals surface area contributed by atoms with Crippen molar-refractivity contribution in [3.63, 3.8) is 0 Å². The minimum absolute atomic E-state index is 0.415. The zero-order valence-electron chi connectivity index (χ0n) is 13.0. The summed E-state index contributed by atoms with van der Waals surface area (Å²) in [5.41, 5.74) is 2.42.